The lowest BCUT2D eigenvalue weighted by Gasteiger charge is -2.08. The third kappa shape index (κ3) is 5.10. The minimum absolute atomic E-state index is 0.0390. The summed E-state index contributed by atoms with van der Waals surface area (Å²) in [5, 5.41) is 13.8. The first-order valence-corrected chi connectivity index (χ1v) is 7.90. The van der Waals surface area contributed by atoms with Gasteiger partial charge in [0.15, 0.2) is 11.5 Å². The smallest absolute Gasteiger partial charge is 0.244 e. The Hall–Kier alpha value is -2.34. The number of nitrogens with one attached hydrogen (secondary N) is 1. The van der Waals surface area contributed by atoms with E-state index in [2.05, 4.69) is 26.5 Å². The van der Waals surface area contributed by atoms with E-state index >= 15 is 0 Å². The first-order valence-electron chi connectivity index (χ1n) is 7.11. The molecular weight excluding hydrogens is 360 g/mol. The molecule has 2 aromatic rings. The Bertz CT molecular complexity index is 702. The quantitative estimate of drug-likeness (QED) is 0.600. The van der Waals surface area contributed by atoms with Crippen molar-refractivity contribution in [1.29, 1.82) is 0 Å². The molecule has 0 aliphatic heterocycles. The summed E-state index contributed by atoms with van der Waals surface area (Å²) in [4.78, 5) is 11.8. The number of hydrazone groups is 1. The molecule has 5 nitrogen and oxygen atoms in total. The van der Waals surface area contributed by atoms with Crippen LogP contribution in [0.15, 0.2) is 52.0 Å². The van der Waals surface area contributed by atoms with Crippen molar-refractivity contribution < 1.29 is 14.6 Å². The minimum Gasteiger partial charge on any atom is -0.503 e. The third-order valence-electron chi connectivity index (χ3n) is 2.96. The van der Waals surface area contributed by atoms with E-state index in [4.69, 9.17) is 4.74 Å². The van der Waals surface area contributed by atoms with Crippen LogP contribution in [0.3, 0.4) is 0 Å². The average Bonchev–Trinajstić information content (AvgIpc) is 2.53. The molecule has 0 unspecified atom stereocenters. The number of amides is 1. The number of phenolic OH excluding ortho intramolecular Hbond substituents is 1. The zero-order valence-corrected chi connectivity index (χ0v) is 14.2. The molecule has 0 saturated carbocycles. The van der Waals surface area contributed by atoms with Crippen LogP contribution in [-0.2, 0) is 11.2 Å². The number of carbonyl (C=O) groups is 1. The maximum Gasteiger partial charge on any atom is 0.244 e. The van der Waals surface area contributed by atoms with Crippen molar-refractivity contribution in [1.82, 2.24) is 5.43 Å². The van der Waals surface area contributed by atoms with Crippen molar-refractivity contribution in [3.05, 3.63) is 58.1 Å². The second-order valence-corrected chi connectivity index (χ2v) is 5.59. The van der Waals surface area contributed by atoms with E-state index in [9.17, 15) is 9.90 Å². The highest BCUT2D eigenvalue weighted by atomic mass is 79.9. The summed E-state index contributed by atoms with van der Waals surface area (Å²) in [6, 6.07) is 12.8. The zero-order valence-electron chi connectivity index (χ0n) is 12.6. The normalized spacial score (nSPS) is 10.7. The fourth-order valence-electron chi connectivity index (χ4n) is 1.93. The lowest BCUT2D eigenvalue weighted by Crippen LogP contribution is -2.19. The van der Waals surface area contributed by atoms with Gasteiger partial charge in [-0.05, 0) is 46.1 Å². The summed E-state index contributed by atoms with van der Waals surface area (Å²) in [7, 11) is 0. The van der Waals surface area contributed by atoms with E-state index in [1.54, 1.807) is 12.1 Å². The Morgan fingerprint density at radius 3 is 2.78 bits per heavy atom. The number of hydrogen-bond donors (Lipinski definition) is 2. The van der Waals surface area contributed by atoms with Crippen LogP contribution < -0.4 is 10.2 Å². The molecule has 0 heterocycles. The predicted molar refractivity (Wildman–Crippen MR) is 92.9 cm³/mol. The van der Waals surface area contributed by atoms with Gasteiger partial charge in [0.2, 0.25) is 5.91 Å². The van der Waals surface area contributed by atoms with Gasteiger partial charge in [0.05, 0.1) is 23.7 Å². The summed E-state index contributed by atoms with van der Waals surface area (Å²) >= 11 is 3.25. The molecule has 23 heavy (non-hydrogen) atoms. The van der Waals surface area contributed by atoms with E-state index in [1.165, 1.54) is 6.21 Å². The minimum atomic E-state index is -0.199. The van der Waals surface area contributed by atoms with Crippen molar-refractivity contribution in [2.24, 2.45) is 5.10 Å². The largest absolute Gasteiger partial charge is 0.503 e. The Morgan fingerprint density at radius 1 is 1.35 bits per heavy atom. The molecule has 2 rings (SSSR count). The number of aromatic hydroxyl groups is 1. The van der Waals surface area contributed by atoms with Gasteiger partial charge in [0, 0.05) is 0 Å². The predicted octanol–water partition coefficient (Wildman–Crippen LogP) is 3.25. The highest BCUT2D eigenvalue weighted by molar-refractivity contribution is 9.10. The Balaban J connectivity index is 1.99. The summed E-state index contributed by atoms with van der Waals surface area (Å²) in [6.07, 6.45) is 1.76. The molecule has 1 amide bonds. The first-order chi connectivity index (χ1) is 11.1. The van der Waals surface area contributed by atoms with E-state index < -0.39 is 0 Å². The fraction of sp³-hybridized carbons (Fsp3) is 0.176. The van der Waals surface area contributed by atoms with Crippen LogP contribution >= 0.6 is 15.9 Å². The molecule has 0 aromatic heterocycles. The number of carbonyl (C=O) groups excluding carboxylic acids is 1. The van der Waals surface area contributed by atoms with Crippen LogP contribution in [0.2, 0.25) is 0 Å². The van der Waals surface area contributed by atoms with Gasteiger partial charge in [-0.3, -0.25) is 4.79 Å². The fourth-order valence-corrected chi connectivity index (χ4v) is 2.39. The van der Waals surface area contributed by atoms with Crippen LogP contribution in [0.4, 0.5) is 0 Å². The maximum absolute atomic E-state index is 11.8. The zero-order chi connectivity index (χ0) is 16.7. The topological polar surface area (TPSA) is 70.9 Å². The second-order valence-electron chi connectivity index (χ2n) is 4.74. The molecule has 2 aromatic carbocycles. The number of ether oxygens (including phenoxy) is 1. The molecule has 120 valence electrons. The van der Waals surface area contributed by atoms with Crippen molar-refractivity contribution in [2.45, 2.75) is 13.3 Å². The maximum atomic E-state index is 11.8. The number of hydrogen-bond acceptors (Lipinski definition) is 4. The highest BCUT2D eigenvalue weighted by Crippen LogP contribution is 2.34. The van der Waals surface area contributed by atoms with Crippen molar-refractivity contribution in [3.63, 3.8) is 0 Å². The third-order valence-corrected chi connectivity index (χ3v) is 3.57. The molecule has 0 saturated heterocycles. The van der Waals surface area contributed by atoms with Crippen LogP contribution in [0, 0.1) is 0 Å². The van der Waals surface area contributed by atoms with Gasteiger partial charge in [-0.25, -0.2) is 5.43 Å². The number of rotatable bonds is 6. The van der Waals surface area contributed by atoms with Gasteiger partial charge in [0.25, 0.3) is 0 Å². The summed E-state index contributed by atoms with van der Waals surface area (Å²) < 4.78 is 5.84. The van der Waals surface area contributed by atoms with Crippen LogP contribution in [0.1, 0.15) is 18.1 Å². The monoisotopic (exact) mass is 376 g/mol. The van der Waals surface area contributed by atoms with E-state index in [1.807, 2.05) is 37.3 Å². The molecule has 0 atom stereocenters. The molecular formula is C17H17BrN2O3. The summed E-state index contributed by atoms with van der Waals surface area (Å²) in [6.45, 7) is 2.27. The molecule has 6 heteroatoms. The first kappa shape index (κ1) is 17.0. The van der Waals surface area contributed by atoms with E-state index in [-0.39, 0.29) is 18.1 Å². The SMILES string of the molecule is CCOc1cc(/C=N\NC(=O)Cc2ccccc2)cc(Br)c1O. The van der Waals surface area contributed by atoms with Crippen molar-refractivity contribution in [3.8, 4) is 11.5 Å². The van der Waals surface area contributed by atoms with Gasteiger partial charge in [-0.2, -0.15) is 5.10 Å². The molecule has 0 aliphatic rings. The lowest BCUT2D eigenvalue weighted by molar-refractivity contribution is -0.120. The molecule has 0 radical (unpaired) electrons. The average molecular weight is 377 g/mol. The molecule has 0 aliphatic carbocycles. The van der Waals surface area contributed by atoms with E-state index in [0.717, 1.165) is 5.56 Å². The lowest BCUT2D eigenvalue weighted by atomic mass is 10.1. The van der Waals surface area contributed by atoms with E-state index in [0.29, 0.717) is 22.4 Å². The Kier molecular flexibility index (Phi) is 6.17. The molecule has 0 spiro atoms. The number of phenols is 1. The summed E-state index contributed by atoms with van der Waals surface area (Å²) in [5.74, 6) is 0.200. The number of halogens is 1. The van der Waals surface area contributed by atoms with Crippen molar-refractivity contribution in [2.75, 3.05) is 6.61 Å². The Morgan fingerprint density at radius 2 is 2.09 bits per heavy atom. The van der Waals surface area contributed by atoms with Gasteiger partial charge >= 0.3 is 0 Å². The van der Waals surface area contributed by atoms with Crippen LogP contribution in [0.25, 0.3) is 0 Å². The Labute approximate surface area is 143 Å². The molecule has 0 bridgehead atoms. The van der Waals surface area contributed by atoms with Crippen LogP contribution in [-0.4, -0.2) is 23.8 Å². The van der Waals surface area contributed by atoms with Gasteiger partial charge in [-0.1, -0.05) is 30.3 Å². The number of benzene rings is 2. The van der Waals surface area contributed by atoms with Crippen LogP contribution in [0.5, 0.6) is 11.5 Å². The van der Waals surface area contributed by atoms with Gasteiger partial charge < -0.3 is 9.84 Å². The standard InChI is InChI=1S/C17H17BrN2O3/c1-2-23-15-9-13(8-14(18)17(15)22)11-19-20-16(21)10-12-6-4-3-5-7-12/h3-9,11,22H,2,10H2,1H3,(H,20,21)/b19-11-. The highest BCUT2D eigenvalue weighted by Gasteiger charge is 2.08. The second kappa shape index (κ2) is 8.33. The summed E-state index contributed by atoms with van der Waals surface area (Å²) in [5.41, 5.74) is 4.09. The van der Waals surface area contributed by atoms with Gasteiger partial charge in [-0.15, -0.1) is 0 Å². The van der Waals surface area contributed by atoms with Crippen molar-refractivity contribution >= 4 is 28.1 Å². The van der Waals surface area contributed by atoms with Gasteiger partial charge in [0.1, 0.15) is 0 Å². The molecule has 2 N–H and O–H groups in total. The number of nitrogens with zero attached hydrogens (tertiary/aromatic N) is 1. The molecule has 0 fully saturated rings.